The third-order valence-electron chi connectivity index (χ3n) is 5.86. The summed E-state index contributed by atoms with van der Waals surface area (Å²) in [5.41, 5.74) is 0.321. The summed E-state index contributed by atoms with van der Waals surface area (Å²) >= 11 is 9.54. The fourth-order valence-corrected chi connectivity index (χ4v) is 4.33. The first kappa shape index (κ1) is 27.9. The second-order valence-electron chi connectivity index (χ2n) is 8.61. The summed E-state index contributed by atoms with van der Waals surface area (Å²) in [7, 11) is 0. The van der Waals surface area contributed by atoms with E-state index in [9.17, 15) is 19.7 Å². The van der Waals surface area contributed by atoms with Crippen LogP contribution in [0.4, 0.5) is 11.4 Å². The summed E-state index contributed by atoms with van der Waals surface area (Å²) in [6.45, 7) is 3.37. The molecule has 0 aliphatic carbocycles. The van der Waals surface area contributed by atoms with Crippen LogP contribution in [0.2, 0.25) is 5.02 Å². The molecule has 0 saturated heterocycles. The molecular weight excluding hydrogens is 590 g/mol. The standard InChI is InChI=1S/C27H23BrClN5O5/c1-3-16(2)26-32-22-10-9-18(28)12-21(22)27(36)33(26)30-14-17-11-19(29)13-23(34(37)38)25(17)39-15-24(35)31-20-7-5-4-6-8-20/h4-14,16H,3,15H2,1-2H3,(H,31,35)/t16-/m1/s1. The molecule has 12 heteroatoms. The van der Waals surface area contributed by atoms with Crippen molar-refractivity contribution in [3.05, 3.63) is 102 Å². The van der Waals surface area contributed by atoms with Gasteiger partial charge in [0.1, 0.15) is 5.82 Å². The predicted molar refractivity (Wildman–Crippen MR) is 154 cm³/mol. The number of nitrogens with zero attached hydrogens (tertiary/aromatic N) is 4. The summed E-state index contributed by atoms with van der Waals surface area (Å²) < 4.78 is 7.48. The molecule has 39 heavy (non-hydrogen) atoms. The van der Waals surface area contributed by atoms with Gasteiger partial charge in [-0.1, -0.05) is 59.6 Å². The van der Waals surface area contributed by atoms with E-state index in [2.05, 4.69) is 31.3 Å². The number of benzene rings is 3. The van der Waals surface area contributed by atoms with Crippen molar-refractivity contribution in [3.8, 4) is 5.75 Å². The molecular formula is C27H23BrClN5O5. The first-order valence-electron chi connectivity index (χ1n) is 11.9. The van der Waals surface area contributed by atoms with E-state index in [1.165, 1.54) is 17.0 Å². The minimum absolute atomic E-state index is 0.0549. The molecule has 0 saturated carbocycles. The lowest BCUT2D eigenvalue weighted by Crippen LogP contribution is -2.24. The lowest BCUT2D eigenvalue weighted by molar-refractivity contribution is -0.385. The topological polar surface area (TPSA) is 129 Å². The Morgan fingerprint density at radius 1 is 1.26 bits per heavy atom. The molecule has 10 nitrogen and oxygen atoms in total. The first-order valence-corrected chi connectivity index (χ1v) is 13.1. The molecule has 1 aromatic heterocycles. The molecule has 4 aromatic rings. The van der Waals surface area contributed by atoms with Gasteiger partial charge in [0, 0.05) is 32.7 Å². The van der Waals surface area contributed by atoms with Gasteiger partial charge in [0.2, 0.25) is 5.75 Å². The molecule has 200 valence electrons. The number of nitro benzene ring substituents is 1. The molecule has 0 unspecified atom stereocenters. The quantitative estimate of drug-likeness (QED) is 0.137. The van der Waals surface area contributed by atoms with Crippen molar-refractivity contribution in [1.82, 2.24) is 9.66 Å². The molecule has 4 rings (SSSR count). The molecule has 1 atom stereocenters. The van der Waals surface area contributed by atoms with Gasteiger partial charge in [-0.3, -0.25) is 19.7 Å². The summed E-state index contributed by atoms with van der Waals surface area (Å²) in [4.78, 5) is 41.7. The summed E-state index contributed by atoms with van der Waals surface area (Å²) in [5.74, 6) is -0.428. The van der Waals surface area contributed by atoms with E-state index in [0.717, 1.165) is 6.07 Å². The maximum absolute atomic E-state index is 13.4. The number of halogens is 2. The van der Waals surface area contributed by atoms with Crippen molar-refractivity contribution < 1.29 is 14.5 Å². The van der Waals surface area contributed by atoms with Gasteiger partial charge in [-0.05, 0) is 42.8 Å². The van der Waals surface area contributed by atoms with Crippen molar-refractivity contribution >= 4 is 61.9 Å². The number of ether oxygens (including phenoxy) is 1. The lowest BCUT2D eigenvalue weighted by Gasteiger charge is -2.14. The monoisotopic (exact) mass is 611 g/mol. The summed E-state index contributed by atoms with van der Waals surface area (Å²) in [6.07, 6.45) is 1.93. The van der Waals surface area contributed by atoms with Crippen LogP contribution in [0.3, 0.4) is 0 Å². The molecule has 0 spiro atoms. The predicted octanol–water partition coefficient (Wildman–Crippen LogP) is 6.13. The van der Waals surface area contributed by atoms with Crippen LogP contribution in [-0.2, 0) is 4.79 Å². The Morgan fingerprint density at radius 3 is 2.69 bits per heavy atom. The number of para-hydroxylation sites is 1. The molecule has 1 N–H and O–H groups in total. The second kappa shape index (κ2) is 12.2. The number of carbonyl (C=O) groups is 1. The Morgan fingerprint density at radius 2 is 2.00 bits per heavy atom. The maximum atomic E-state index is 13.4. The van der Waals surface area contributed by atoms with Gasteiger partial charge in [0.25, 0.3) is 11.5 Å². The molecule has 1 heterocycles. The van der Waals surface area contributed by atoms with Gasteiger partial charge in [-0.2, -0.15) is 9.78 Å². The highest BCUT2D eigenvalue weighted by Gasteiger charge is 2.22. The zero-order chi connectivity index (χ0) is 28.1. The van der Waals surface area contributed by atoms with Gasteiger partial charge < -0.3 is 10.1 Å². The van der Waals surface area contributed by atoms with E-state index in [1.54, 1.807) is 48.5 Å². The number of nitrogens with one attached hydrogen (secondary N) is 1. The largest absolute Gasteiger partial charge is 0.476 e. The van der Waals surface area contributed by atoms with Crippen LogP contribution >= 0.6 is 27.5 Å². The number of amides is 1. The van der Waals surface area contributed by atoms with Gasteiger partial charge in [0.05, 0.1) is 22.0 Å². The average molecular weight is 613 g/mol. The van der Waals surface area contributed by atoms with E-state index < -0.39 is 28.7 Å². The Labute approximate surface area is 236 Å². The number of hydrogen-bond acceptors (Lipinski definition) is 7. The minimum Gasteiger partial charge on any atom is -0.476 e. The van der Waals surface area contributed by atoms with E-state index in [4.69, 9.17) is 16.3 Å². The van der Waals surface area contributed by atoms with Crippen LogP contribution in [0, 0.1) is 10.1 Å². The van der Waals surface area contributed by atoms with Gasteiger partial charge in [-0.25, -0.2) is 4.98 Å². The zero-order valence-corrected chi connectivity index (χ0v) is 23.3. The molecule has 0 fully saturated rings. The van der Waals surface area contributed by atoms with Crippen LogP contribution < -0.4 is 15.6 Å². The average Bonchev–Trinajstić information content (AvgIpc) is 2.91. The van der Waals surface area contributed by atoms with Crippen LogP contribution in [0.15, 0.2) is 75.0 Å². The van der Waals surface area contributed by atoms with Gasteiger partial charge in [-0.15, -0.1) is 0 Å². The number of hydrogen-bond donors (Lipinski definition) is 1. The molecule has 3 aromatic carbocycles. The Bertz CT molecular complexity index is 1640. The van der Waals surface area contributed by atoms with E-state index in [1.807, 2.05) is 13.8 Å². The highest BCUT2D eigenvalue weighted by Crippen LogP contribution is 2.34. The van der Waals surface area contributed by atoms with Gasteiger partial charge in [0.15, 0.2) is 6.61 Å². The lowest BCUT2D eigenvalue weighted by atomic mass is 10.1. The molecule has 0 aliphatic heterocycles. The Kier molecular flexibility index (Phi) is 8.72. The van der Waals surface area contributed by atoms with Crippen LogP contribution in [-0.4, -0.2) is 33.3 Å². The number of carbonyl (C=O) groups excluding carboxylic acids is 1. The summed E-state index contributed by atoms with van der Waals surface area (Å²) in [5, 5.41) is 19.2. The highest BCUT2D eigenvalue weighted by atomic mass is 79.9. The molecule has 0 radical (unpaired) electrons. The number of nitro groups is 1. The maximum Gasteiger partial charge on any atom is 0.313 e. The Balaban J connectivity index is 1.76. The van der Waals surface area contributed by atoms with Crippen LogP contribution in [0.25, 0.3) is 10.9 Å². The highest BCUT2D eigenvalue weighted by molar-refractivity contribution is 9.10. The third-order valence-corrected chi connectivity index (χ3v) is 6.57. The smallest absolute Gasteiger partial charge is 0.313 e. The first-order chi connectivity index (χ1) is 18.7. The van der Waals surface area contributed by atoms with Crippen molar-refractivity contribution in [2.75, 3.05) is 11.9 Å². The molecule has 0 aliphatic rings. The molecule has 1 amide bonds. The third kappa shape index (κ3) is 6.50. The van der Waals surface area contributed by atoms with Crippen molar-refractivity contribution in [2.45, 2.75) is 26.2 Å². The SMILES string of the molecule is CC[C@@H](C)c1nc2ccc(Br)cc2c(=O)n1N=Cc1cc(Cl)cc([N+](=O)[O-])c1OCC(=O)Nc1ccccc1. The second-order valence-corrected chi connectivity index (χ2v) is 9.96. The van der Waals surface area contributed by atoms with E-state index in [-0.39, 0.29) is 22.3 Å². The van der Waals surface area contributed by atoms with Crippen LogP contribution in [0.5, 0.6) is 5.75 Å². The fourth-order valence-electron chi connectivity index (χ4n) is 3.74. The van der Waals surface area contributed by atoms with Crippen molar-refractivity contribution in [1.29, 1.82) is 0 Å². The van der Waals surface area contributed by atoms with Crippen molar-refractivity contribution in [2.24, 2.45) is 5.10 Å². The number of aromatic nitrogens is 2. The number of fused-ring (bicyclic) bond motifs is 1. The fraction of sp³-hybridized carbons (Fsp3) is 0.185. The number of anilines is 1. The minimum atomic E-state index is -0.667. The number of rotatable bonds is 9. The zero-order valence-electron chi connectivity index (χ0n) is 20.9. The van der Waals surface area contributed by atoms with E-state index >= 15 is 0 Å². The Hall–Kier alpha value is -4.09. The van der Waals surface area contributed by atoms with Gasteiger partial charge >= 0.3 is 5.69 Å². The normalized spacial score (nSPS) is 12.0. The van der Waals surface area contributed by atoms with Crippen molar-refractivity contribution in [3.63, 3.8) is 0 Å². The van der Waals surface area contributed by atoms with E-state index in [0.29, 0.717) is 33.3 Å². The summed E-state index contributed by atoms with van der Waals surface area (Å²) in [6, 6.07) is 16.4. The molecule has 0 bridgehead atoms. The van der Waals surface area contributed by atoms with Crippen LogP contribution in [0.1, 0.15) is 37.6 Å².